The van der Waals surface area contributed by atoms with E-state index in [1.54, 1.807) is 6.07 Å². The molecule has 1 N–H and O–H groups in total. The minimum absolute atomic E-state index is 0.0227. The second-order valence-corrected chi connectivity index (χ2v) is 4.64. The molecule has 0 saturated carbocycles. The fourth-order valence-electron chi connectivity index (χ4n) is 2.02. The van der Waals surface area contributed by atoms with Gasteiger partial charge in [-0.25, -0.2) is 0 Å². The Morgan fingerprint density at radius 1 is 1.29 bits per heavy atom. The molecule has 2 aromatic rings. The molecular formula is C15H17N3O3. The Morgan fingerprint density at radius 2 is 2.10 bits per heavy atom. The highest BCUT2D eigenvalue weighted by Gasteiger charge is 2.14. The van der Waals surface area contributed by atoms with Gasteiger partial charge in [0.1, 0.15) is 0 Å². The molecule has 0 aliphatic heterocycles. The maximum atomic E-state index is 11.0. The number of rotatable bonds is 6. The normalized spacial score (nSPS) is 10.4. The van der Waals surface area contributed by atoms with Crippen molar-refractivity contribution < 1.29 is 9.66 Å². The maximum Gasteiger partial charge on any atom is 0.311 e. The fraction of sp³-hybridized carbons (Fsp3) is 0.267. The van der Waals surface area contributed by atoms with Gasteiger partial charge in [-0.05, 0) is 30.7 Å². The molecule has 0 amide bonds. The summed E-state index contributed by atoms with van der Waals surface area (Å²) < 4.78 is 4.98. The molecule has 1 heterocycles. The summed E-state index contributed by atoms with van der Waals surface area (Å²) in [5.74, 6) is 0.268. The molecular weight excluding hydrogens is 270 g/mol. The minimum Gasteiger partial charge on any atom is -0.490 e. The molecule has 0 bridgehead atoms. The van der Waals surface area contributed by atoms with Crippen LogP contribution in [0.4, 0.5) is 5.69 Å². The predicted molar refractivity (Wildman–Crippen MR) is 79.2 cm³/mol. The second-order valence-electron chi connectivity index (χ2n) is 4.64. The lowest BCUT2D eigenvalue weighted by Gasteiger charge is -2.07. The van der Waals surface area contributed by atoms with Gasteiger partial charge >= 0.3 is 5.69 Å². The summed E-state index contributed by atoms with van der Waals surface area (Å²) in [6, 6.07) is 10.8. The van der Waals surface area contributed by atoms with Gasteiger partial charge in [-0.1, -0.05) is 12.1 Å². The topological polar surface area (TPSA) is 77.3 Å². The number of hydrogen-bond donors (Lipinski definition) is 1. The molecule has 0 radical (unpaired) electrons. The van der Waals surface area contributed by atoms with Crippen molar-refractivity contribution in [2.24, 2.45) is 0 Å². The fourth-order valence-corrected chi connectivity index (χ4v) is 2.02. The van der Waals surface area contributed by atoms with Crippen molar-refractivity contribution in [3.8, 4) is 5.75 Å². The van der Waals surface area contributed by atoms with E-state index in [9.17, 15) is 10.1 Å². The van der Waals surface area contributed by atoms with Crippen molar-refractivity contribution in [1.29, 1.82) is 0 Å². The van der Waals surface area contributed by atoms with Crippen LogP contribution in [0.25, 0.3) is 0 Å². The van der Waals surface area contributed by atoms with Crippen molar-refractivity contribution in [3.63, 3.8) is 0 Å². The number of benzene rings is 1. The van der Waals surface area contributed by atoms with Crippen molar-refractivity contribution in [2.45, 2.75) is 20.0 Å². The van der Waals surface area contributed by atoms with Gasteiger partial charge in [-0.15, -0.1) is 0 Å². The molecule has 0 spiro atoms. The number of nitrogens with zero attached hydrogens (tertiary/aromatic N) is 2. The SMILES string of the molecule is COc1ccc(CNCc2cccc(C)n2)cc1[N+](=O)[O-]. The third-order valence-electron chi connectivity index (χ3n) is 3.02. The monoisotopic (exact) mass is 287 g/mol. The molecule has 21 heavy (non-hydrogen) atoms. The van der Waals surface area contributed by atoms with Crippen molar-refractivity contribution >= 4 is 5.69 Å². The number of aryl methyl sites for hydroxylation is 1. The van der Waals surface area contributed by atoms with E-state index >= 15 is 0 Å². The predicted octanol–water partition coefficient (Wildman–Crippen LogP) is 2.60. The summed E-state index contributed by atoms with van der Waals surface area (Å²) in [7, 11) is 1.42. The number of nitrogens with one attached hydrogen (secondary N) is 1. The first-order valence-electron chi connectivity index (χ1n) is 6.54. The molecule has 0 fully saturated rings. The molecule has 6 nitrogen and oxygen atoms in total. The van der Waals surface area contributed by atoms with Crippen molar-refractivity contribution in [3.05, 3.63) is 63.5 Å². The third kappa shape index (κ3) is 4.00. The van der Waals surface area contributed by atoms with E-state index in [1.807, 2.05) is 31.2 Å². The Labute approximate surface area is 122 Å². The number of hydrogen-bond acceptors (Lipinski definition) is 5. The molecule has 1 aromatic heterocycles. The summed E-state index contributed by atoms with van der Waals surface area (Å²) >= 11 is 0. The number of methoxy groups -OCH3 is 1. The Bertz CT molecular complexity index is 644. The molecule has 1 aromatic carbocycles. The molecule has 0 aliphatic carbocycles. The largest absolute Gasteiger partial charge is 0.490 e. The van der Waals surface area contributed by atoms with Gasteiger partial charge < -0.3 is 10.1 Å². The lowest BCUT2D eigenvalue weighted by Crippen LogP contribution is -2.14. The van der Waals surface area contributed by atoms with Crippen molar-refractivity contribution in [1.82, 2.24) is 10.3 Å². The van der Waals surface area contributed by atoms with E-state index in [-0.39, 0.29) is 11.4 Å². The summed E-state index contributed by atoms with van der Waals surface area (Å²) in [5.41, 5.74) is 2.72. The lowest BCUT2D eigenvalue weighted by molar-refractivity contribution is -0.385. The van der Waals surface area contributed by atoms with Crippen molar-refractivity contribution in [2.75, 3.05) is 7.11 Å². The van der Waals surface area contributed by atoms with Crippen LogP contribution in [0.5, 0.6) is 5.75 Å². The van der Waals surface area contributed by atoms with Crippen LogP contribution in [0.1, 0.15) is 17.0 Å². The minimum atomic E-state index is -0.440. The number of nitro benzene ring substituents is 1. The highest BCUT2D eigenvalue weighted by atomic mass is 16.6. The molecule has 0 atom stereocenters. The summed E-state index contributed by atoms with van der Waals surface area (Å²) in [5, 5.41) is 14.2. The number of ether oxygens (including phenoxy) is 1. The Morgan fingerprint density at radius 3 is 2.76 bits per heavy atom. The van der Waals surface area contributed by atoms with Crippen LogP contribution in [0, 0.1) is 17.0 Å². The van der Waals surface area contributed by atoms with E-state index in [4.69, 9.17) is 4.74 Å². The first kappa shape index (κ1) is 14.9. The maximum absolute atomic E-state index is 11.0. The Kier molecular flexibility index (Phi) is 4.84. The molecule has 0 unspecified atom stereocenters. The summed E-state index contributed by atoms with van der Waals surface area (Å²) in [6.45, 7) is 3.08. The zero-order chi connectivity index (χ0) is 15.2. The average molecular weight is 287 g/mol. The van der Waals surface area contributed by atoms with E-state index < -0.39 is 4.92 Å². The van der Waals surface area contributed by atoms with Gasteiger partial charge in [0.25, 0.3) is 0 Å². The Balaban J connectivity index is 2.00. The van der Waals surface area contributed by atoms with Crippen LogP contribution >= 0.6 is 0 Å². The highest BCUT2D eigenvalue weighted by molar-refractivity contribution is 5.48. The zero-order valence-electron chi connectivity index (χ0n) is 12.0. The lowest BCUT2D eigenvalue weighted by atomic mass is 10.2. The third-order valence-corrected chi connectivity index (χ3v) is 3.02. The van der Waals surface area contributed by atoms with Gasteiger partial charge in [-0.2, -0.15) is 0 Å². The molecule has 0 saturated heterocycles. The van der Waals surface area contributed by atoms with Crippen LogP contribution < -0.4 is 10.1 Å². The zero-order valence-corrected chi connectivity index (χ0v) is 12.0. The second kappa shape index (κ2) is 6.81. The number of pyridine rings is 1. The summed E-state index contributed by atoms with van der Waals surface area (Å²) in [4.78, 5) is 14.9. The Hall–Kier alpha value is -2.47. The molecule has 0 aliphatic rings. The van der Waals surface area contributed by atoms with E-state index in [2.05, 4.69) is 10.3 Å². The first-order valence-corrected chi connectivity index (χ1v) is 6.54. The van der Waals surface area contributed by atoms with Gasteiger partial charge in [0, 0.05) is 24.8 Å². The van der Waals surface area contributed by atoms with E-state index in [0.717, 1.165) is 17.0 Å². The number of aromatic nitrogens is 1. The highest BCUT2D eigenvalue weighted by Crippen LogP contribution is 2.27. The quantitative estimate of drug-likeness (QED) is 0.652. The average Bonchev–Trinajstić information content (AvgIpc) is 2.47. The van der Waals surface area contributed by atoms with Crippen LogP contribution in [-0.2, 0) is 13.1 Å². The van der Waals surface area contributed by atoms with Gasteiger partial charge in [0.2, 0.25) is 0 Å². The molecule has 2 rings (SSSR count). The van der Waals surface area contributed by atoms with Gasteiger partial charge in [0.05, 0.1) is 17.7 Å². The smallest absolute Gasteiger partial charge is 0.311 e. The molecule has 6 heteroatoms. The van der Waals surface area contributed by atoms with Gasteiger partial charge in [-0.3, -0.25) is 15.1 Å². The van der Waals surface area contributed by atoms with Crippen LogP contribution in [-0.4, -0.2) is 17.0 Å². The van der Waals surface area contributed by atoms with Gasteiger partial charge in [0.15, 0.2) is 5.75 Å². The van der Waals surface area contributed by atoms with Crippen LogP contribution in [0.15, 0.2) is 36.4 Å². The first-order chi connectivity index (χ1) is 10.1. The number of nitro groups is 1. The standard InChI is InChI=1S/C15H17N3O3/c1-11-4-3-5-13(17-11)10-16-9-12-6-7-15(21-2)14(8-12)18(19)20/h3-8,16H,9-10H2,1-2H3. The van der Waals surface area contributed by atoms with E-state index in [0.29, 0.717) is 13.1 Å². The van der Waals surface area contributed by atoms with Crippen LogP contribution in [0.2, 0.25) is 0 Å². The summed E-state index contributed by atoms with van der Waals surface area (Å²) in [6.07, 6.45) is 0. The van der Waals surface area contributed by atoms with E-state index in [1.165, 1.54) is 13.2 Å². The van der Waals surface area contributed by atoms with Crippen LogP contribution in [0.3, 0.4) is 0 Å². The molecule has 110 valence electrons.